The third-order valence-corrected chi connectivity index (χ3v) is 3.74. The van der Waals surface area contributed by atoms with Gasteiger partial charge < -0.3 is 19.5 Å². The molecule has 1 aliphatic heterocycles. The minimum atomic E-state index is -0.0183. The number of carbonyl (C=O) groups excluding carboxylic acids is 1. The molecule has 0 aliphatic carbocycles. The standard InChI is InChI=1S/C15H22N4O2/c1-21-11-3-7-18-6-2-8-19(10-9-18)15(20)14-5-4-13(12-16)17-14/h4-5,17H,2-3,6-11H2,1H3. The van der Waals surface area contributed by atoms with Crippen molar-refractivity contribution < 1.29 is 9.53 Å². The van der Waals surface area contributed by atoms with Gasteiger partial charge in [-0.1, -0.05) is 0 Å². The molecule has 0 spiro atoms. The summed E-state index contributed by atoms with van der Waals surface area (Å²) in [6, 6.07) is 5.33. The van der Waals surface area contributed by atoms with Crippen molar-refractivity contribution >= 4 is 5.91 Å². The van der Waals surface area contributed by atoms with Crippen LogP contribution < -0.4 is 0 Å². The molecule has 1 saturated heterocycles. The number of amides is 1. The minimum Gasteiger partial charge on any atom is -0.385 e. The first-order chi connectivity index (χ1) is 10.2. The van der Waals surface area contributed by atoms with E-state index < -0.39 is 0 Å². The normalized spacial score (nSPS) is 16.5. The Labute approximate surface area is 125 Å². The highest BCUT2D eigenvalue weighted by molar-refractivity contribution is 5.92. The monoisotopic (exact) mass is 290 g/mol. The predicted molar refractivity (Wildman–Crippen MR) is 79.0 cm³/mol. The zero-order chi connectivity index (χ0) is 15.1. The van der Waals surface area contributed by atoms with Gasteiger partial charge in [-0.05, 0) is 31.5 Å². The molecule has 2 rings (SSSR count). The SMILES string of the molecule is COCCCN1CCCN(C(=O)c2ccc(C#N)[nH]2)CC1. The number of aromatic nitrogens is 1. The van der Waals surface area contributed by atoms with E-state index >= 15 is 0 Å². The van der Waals surface area contributed by atoms with Crippen LogP contribution in [0.4, 0.5) is 0 Å². The van der Waals surface area contributed by atoms with Gasteiger partial charge in [0.05, 0.1) is 0 Å². The fraction of sp³-hybridized carbons (Fsp3) is 0.600. The third-order valence-electron chi connectivity index (χ3n) is 3.74. The van der Waals surface area contributed by atoms with Crippen LogP contribution in [0.25, 0.3) is 0 Å². The number of rotatable bonds is 5. The molecular formula is C15H22N4O2. The lowest BCUT2D eigenvalue weighted by Crippen LogP contribution is -2.35. The van der Waals surface area contributed by atoms with Gasteiger partial charge in [-0.15, -0.1) is 0 Å². The Morgan fingerprint density at radius 1 is 1.38 bits per heavy atom. The number of hydrogen-bond acceptors (Lipinski definition) is 4. The number of carbonyl (C=O) groups is 1. The molecule has 114 valence electrons. The molecule has 1 aromatic heterocycles. The van der Waals surface area contributed by atoms with E-state index in [9.17, 15) is 4.79 Å². The van der Waals surface area contributed by atoms with Gasteiger partial charge >= 0.3 is 0 Å². The molecular weight excluding hydrogens is 268 g/mol. The largest absolute Gasteiger partial charge is 0.385 e. The van der Waals surface area contributed by atoms with Crippen molar-refractivity contribution in [3.05, 3.63) is 23.5 Å². The maximum Gasteiger partial charge on any atom is 0.270 e. The molecule has 1 N–H and O–H groups in total. The molecule has 6 nitrogen and oxygen atoms in total. The van der Waals surface area contributed by atoms with Crippen LogP contribution in [-0.2, 0) is 4.74 Å². The number of aromatic amines is 1. The molecule has 21 heavy (non-hydrogen) atoms. The fourth-order valence-electron chi connectivity index (χ4n) is 2.59. The summed E-state index contributed by atoms with van der Waals surface area (Å²) in [5, 5.41) is 8.80. The highest BCUT2D eigenvalue weighted by Gasteiger charge is 2.21. The Morgan fingerprint density at radius 3 is 2.95 bits per heavy atom. The van der Waals surface area contributed by atoms with Gasteiger partial charge in [0.2, 0.25) is 0 Å². The Morgan fingerprint density at radius 2 is 2.24 bits per heavy atom. The van der Waals surface area contributed by atoms with Crippen LogP contribution in [0.1, 0.15) is 29.0 Å². The zero-order valence-electron chi connectivity index (χ0n) is 12.5. The first-order valence-corrected chi connectivity index (χ1v) is 7.34. The summed E-state index contributed by atoms with van der Waals surface area (Å²) in [7, 11) is 1.72. The van der Waals surface area contributed by atoms with E-state index in [0.717, 1.165) is 52.2 Å². The lowest BCUT2D eigenvalue weighted by molar-refractivity contribution is 0.0755. The quantitative estimate of drug-likeness (QED) is 0.823. The first-order valence-electron chi connectivity index (χ1n) is 7.34. The molecule has 0 bridgehead atoms. The lowest BCUT2D eigenvalue weighted by Gasteiger charge is -2.21. The number of nitrogens with zero attached hydrogens (tertiary/aromatic N) is 3. The second-order valence-electron chi connectivity index (χ2n) is 5.23. The molecule has 0 radical (unpaired) electrons. The number of hydrogen-bond donors (Lipinski definition) is 1. The Bertz CT molecular complexity index is 506. The van der Waals surface area contributed by atoms with Crippen molar-refractivity contribution in [2.75, 3.05) is 46.4 Å². The summed E-state index contributed by atoms with van der Waals surface area (Å²) in [6.45, 7) is 5.19. The maximum absolute atomic E-state index is 12.4. The molecule has 1 aromatic rings. The van der Waals surface area contributed by atoms with E-state index in [4.69, 9.17) is 10.00 Å². The van der Waals surface area contributed by atoms with Crippen LogP contribution in [-0.4, -0.2) is 67.1 Å². The van der Waals surface area contributed by atoms with Gasteiger partial charge in [0, 0.05) is 39.9 Å². The zero-order valence-corrected chi connectivity index (χ0v) is 12.5. The summed E-state index contributed by atoms with van der Waals surface area (Å²) >= 11 is 0. The number of methoxy groups -OCH3 is 1. The van der Waals surface area contributed by atoms with E-state index in [1.165, 1.54) is 0 Å². The molecule has 0 unspecified atom stereocenters. The summed E-state index contributed by atoms with van der Waals surface area (Å²) in [5.74, 6) is -0.0183. The molecule has 0 aromatic carbocycles. The van der Waals surface area contributed by atoms with Gasteiger partial charge in [-0.3, -0.25) is 4.79 Å². The van der Waals surface area contributed by atoms with Crippen LogP contribution in [0.3, 0.4) is 0 Å². The maximum atomic E-state index is 12.4. The second kappa shape index (κ2) is 7.81. The number of ether oxygens (including phenoxy) is 1. The van der Waals surface area contributed by atoms with Crippen LogP contribution in [0.5, 0.6) is 0 Å². The van der Waals surface area contributed by atoms with Crippen molar-refractivity contribution in [1.29, 1.82) is 5.26 Å². The second-order valence-corrected chi connectivity index (χ2v) is 5.23. The van der Waals surface area contributed by atoms with E-state index in [2.05, 4.69) is 9.88 Å². The van der Waals surface area contributed by atoms with Gasteiger partial charge in [-0.2, -0.15) is 5.26 Å². The number of nitrogens with one attached hydrogen (secondary N) is 1. The minimum absolute atomic E-state index is 0.0183. The number of nitriles is 1. The van der Waals surface area contributed by atoms with Gasteiger partial charge in [0.25, 0.3) is 5.91 Å². The Kier molecular flexibility index (Phi) is 5.78. The van der Waals surface area contributed by atoms with Crippen molar-refractivity contribution in [2.24, 2.45) is 0 Å². The first kappa shape index (κ1) is 15.5. The Balaban J connectivity index is 1.87. The molecule has 0 saturated carbocycles. The van der Waals surface area contributed by atoms with E-state index in [-0.39, 0.29) is 5.91 Å². The summed E-state index contributed by atoms with van der Waals surface area (Å²) < 4.78 is 5.07. The third kappa shape index (κ3) is 4.31. The summed E-state index contributed by atoms with van der Waals surface area (Å²) in [4.78, 5) is 19.5. The van der Waals surface area contributed by atoms with E-state index in [0.29, 0.717) is 11.4 Å². The topological polar surface area (TPSA) is 72.4 Å². The van der Waals surface area contributed by atoms with Crippen LogP contribution in [0, 0.1) is 11.3 Å². The van der Waals surface area contributed by atoms with Crippen molar-refractivity contribution in [3.8, 4) is 6.07 Å². The van der Waals surface area contributed by atoms with Gasteiger partial charge in [-0.25, -0.2) is 0 Å². The molecule has 6 heteroatoms. The molecule has 1 fully saturated rings. The highest BCUT2D eigenvalue weighted by Crippen LogP contribution is 2.09. The lowest BCUT2D eigenvalue weighted by atomic mass is 10.3. The number of H-pyrrole nitrogens is 1. The molecule has 1 amide bonds. The Hall–Kier alpha value is -1.84. The molecule has 1 aliphatic rings. The summed E-state index contributed by atoms with van der Waals surface area (Å²) in [6.07, 6.45) is 2.00. The fourth-order valence-corrected chi connectivity index (χ4v) is 2.59. The van der Waals surface area contributed by atoms with Crippen molar-refractivity contribution in [1.82, 2.24) is 14.8 Å². The molecule has 2 heterocycles. The van der Waals surface area contributed by atoms with Crippen LogP contribution >= 0.6 is 0 Å². The smallest absolute Gasteiger partial charge is 0.270 e. The van der Waals surface area contributed by atoms with Crippen LogP contribution in [0.2, 0.25) is 0 Å². The van der Waals surface area contributed by atoms with E-state index in [1.807, 2.05) is 11.0 Å². The average Bonchev–Trinajstić information content (AvgIpc) is 2.86. The van der Waals surface area contributed by atoms with E-state index in [1.54, 1.807) is 19.2 Å². The van der Waals surface area contributed by atoms with Gasteiger partial charge in [0.15, 0.2) is 0 Å². The van der Waals surface area contributed by atoms with Crippen molar-refractivity contribution in [2.45, 2.75) is 12.8 Å². The van der Waals surface area contributed by atoms with Crippen molar-refractivity contribution in [3.63, 3.8) is 0 Å². The molecule has 0 atom stereocenters. The predicted octanol–water partition coefficient (Wildman–Crippen LogP) is 1.07. The van der Waals surface area contributed by atoms with Gasteiger partial charge in [0.1, 0.15) is 17.5 Å². The highest BCUT2D eigenvalue weighted by atomic mass is 16.5. The summed E-state index contributed by atoms with van der Waals surface area (Å²) in [5.41, 5.74) is 0.925. The average molecular weight is 290 g/mol. The van der Waals surface area contributed by atoms with Crippen LogP contribution in [0.15, 0.2) is 12.1 Å².